The third-order valence-electron chi connectivity index (χ3n) is 7.47. The van der Waals surface area contributed by atoms with Crippen molar-refractivity contribution in [3.8, 4) is 6.07 Å². The second-order valence-corrected chi connectivity index (χ2v) is 11.6. The number of amides is 1. The molecule has 206 valence electrons. The lowest BCUT2D eigenvalue weighted by molar-refractivity contribution is -0.120. The molecule has 2 N–H and O–H groups in total. The summed E-state index contributed by atoms with van der Waals surface area (Å²) in [6, 6.07) is 30.4. The van der Waals surface area contributed by atoms with Gasteiger partial charge >= 0.3 is 0 Å². The zero-order chi connectivity index (χ0) is 28.9. The number of rotatable bonds is 10. The van der Waals surface area contributed by atoms with Gasteiger partial charge in [-0.1, -0.05) is 99.3 Å². The van der Waals surface area contributed by atoms with Crippen molar-refractivity contribution in [1.82, 2.24) is 10.6 Å². The molecule has 1 atom stereocenters. The zero-order valence-corrected chi connectivity index (χ0v) is 24.3. The van der Waals surface area contributed by atoms with E-state index >= 15 is 0 Å². The average molecular weight is 560 g/mol. The summed E-state index contributed by atoms with van der Waals surface area (Å²) in [4.78, 5) is 27.8. The average Bonchev–Trinajstić information content (AvgIpc) is 3.00. The first kappa shape index (κ1) is 28.2. The lowest BCUT2D eigenvalue weighted by atomic mass is 9.85. The van der Waals surface area contributed by atoms with E-state index in [0.717, 1.165) is 31.7 Å². The number of hydrogen-bond donors (Lipinski definition) is 2. The number of Topliss-reactive ketones (excluding diaryl/α,β-unsaturated/α-hetero) is 1. The third-order valence-corrected chi connectivity index (χ3v) is 8.56. The number of benzene rings is 4. The van der Waals surface area contributed by atoms with Crippen LogP contribution < -0.4 is 10.6 Å². The largest absolute Gasteiger partial charge is 0.376 e. The molecule has 6 heteroatoms. The van der Waals surface area contributed by atoms with Crippen LogP contribution in [0.15, 0.2) is 100 Å². The highest BCUT2D eigenvalue weighted by molar-refractivity contribution is 7.99. The van der Waals surface area contributed by atoms with Crippen LogP contribution in [0.1, 0.15) is 72.6 Å². The van der Waals surface area contributed by atoms with Crippen LogP contribution in [-0.4, -0.2) is 18.2 Å². The molecule has 1 unspecified atom stereocenters. The van der Waals surface area contributed by atoms with Gasteiger partial charge in [-0.3, -0.25) is 9.59 Å². The van der Waals surface area contributed by atoms with E-state index in [1.54, 1.807) is 11.8 Å². The summed E-state index contributed by atoms with van der Waals surface area (Å²) in [5.41, 5.74) is 4.34. The molecule has 1 aliphatic rings. The Labute approximate surface area is 245 Å². The molecule has 5 nitrogen and oxygen atoms in total. The molecule has 0 spiro atoms. The van der Waals surface area contributed by atoms with Crippen LogP contribution in [0.5, 0.6) is 0 Å². The molecule has 4 aromatic rings. The van der Waals surface area contributed by atoms with Gasteiger partial charge in [-0.25, -0.2) is 0 Å². The van der Waals surface area contributed by atoms with Gasteiger partial charge in [0.15, 0.2) is 0 Å². The second-order valence-electron chi connectivity index (χ2n) is 10.5. The van der Waals surface area contributed by atoms with Crippen molar-refractivity contribution in [2.75, 3.05) is 6.54 Å². The maximum absolute atomic E-state index is 13.7. The van der Waals surface area contributed by atoms with E-state index in [0.29, 0.717) is 36.6 Å². The fourth-order valence-corrected chi connectivity index (χ4v) is 6.16. The van der Waals surface area contributed by atoms with Crippen LogP contribution in [-0.2, 0) is 4.79 Å². The van der Waals surface area contributed by atoms with E-state index in [-0.39, 0.29) is 23.3 Å². The number of ketones is 1. The Balaban J connectivity index is 1.55. The monoisotopic (exact) mass is 559 g/mol. The highest BCUT2D eigenvalue weighted by atomic mass is 32.2. The minimum Gasteiger partial charge on any atom is -0.376 e. The molecule has 5 rings (SSSR count). The van der Waals surface area contributed by atoms with E-state index in [2.05, 4.69) is 60.9 Å². The molecule has 0 saturated carbocycles. The van der Waals surface area contributed by atoms with Crippen molar-refractivity contribution in [3.63, 3.8) is 0 Å². The molecule has 0 saturated heterocycles. The summed E-state index contributed by atoms with van der Waals surface area (Å²) in [5.74, 6) is 0.182. The Hall–Kier alpha value is -4.34. The van der Waals surface area contributed by atoms with Gasteiger partial charge in [0, 0.05) is 39.3 Å². The zero-order valence-electron chi connectivity index (χ0n) is 23.5. The van der Waals surface area contributed by atoms with Crippen LogP contribution >= 0.6 is 11.8 Å². The fraction of sp³-hybridized carbons (Fsp3) is 0.229. The van der Waals surface area contributed by atoms with E-state index in [1.165, 1.54) is 5.56 Å². The van der Waals surface area contributed by atoms with E-state index < -0.39 is 0 Å². The first-order chi connectivity index (χ1) is 19.9. The van der Waals surface area contributed by atoms with Crippen molar-refractivity contribution >= 4 is 39.9 Å². The Kier molecular flexibility index (Phi) is 8.56. The maximum Gasteiger partial charge on any atom is 0.219 e. The predicted octanol–water partition coefficient (Wildman–Crippen LogP) is 7.79. The normalized spacial score (nSPS) is 13.3. The molecular weight excluding hydrogens is 526 g/mol. The van der Waals surface area contributed by atoms with Crippen molar-refractivity contribution < 1.29 is 9.59 Å². The lowest BCUT2D eigenvalue weighted by Gasteiger charge is -2.27. The second kappa shape index (κ2) is 12.4. The summed E-state index contributed by atoms with van der Waals surface area (Å²) in [6.07, 6.45) is 1.01. The highest BCUT2D eigenvalue weighted by Crippen LogP contribution is 2.42. The predicted molar refractivity (Wildman–Crippen MR) is 166 cm³/mol. The van der Waals surface area contributed by atoms with E-state index in [9.17, 15) is 14.9 Å². The minimum absolute atomic E-state index is 0.0100. The molecule has 0 bridgehead atoms. The van der Waals surface area contributed by atoms with E-state index in [1.807, 2.05) is 61.5 Å². The topological polar surface area (TPSA) is 82.0 Å². The van der Waals surface area contributed by atoms with Crippen molar-refractivity contribution in [2.24, 2.45) is 0 Å². The molecule has 4 aromatic carbocycles. The quantitative estimate of drug-likeness (QED) is 0.207. The van der Waals surface area contributed by atoms with Gasteiger partial charge in [0.05, 0.1) is 11.7 Å². The Morgan fingerprint density at radius 2 is 1.66 bits per heavy atom. The standard InChI is InChI=1S/C35H33N3O2S/c1-4-32(39)37-20-19-30(24-9-6-5-7-10-24)38-34-27-17-18-31(41-25-15-13-23(14-16-25)22(2)3)26-11-8-12-28(33(26)27)35(40)29(34)21-36/h5-18,22,30,38H,4,19-20H2,1-3H3,(H,37,39). The summed E-state index contributed by atoms with van der Waals surface area (Å²) in [5, 5.41) is 18.5. The number of nitrogens with one attached hydrogen (secondary N) is 2. The van der Waals surface area contributed by atoms with Gasteiger partial charge in [-0.05, 0) is 47.1 Å². The number of carbonyl (C=O) groups is 2. The van der Waals surface area contributed by atoms with Gasteiger partial charge in [0.1, 0.15) is 11.6 Å². The fourth-order valence-electron chi connectivity index (χ4n) is 5.22. The van der Waals surface area contributed by atoms with Crippen molar-refractivity contribution in [2.45, 2.75) is 55.4 Å². The van der Waals surface area contributed by atoms with Crippen LogP contribution in [0.4, 0.5) is 0 Å². The van der Waals surface area contributed by atoms with Gasteiger partial charge in [-0.15, -0.1) is 0 Å². The van der Waals surface area contributed by atoms with Crippen LogP contribution in [0.2, 0.25) is 0 Å². The van der Waals surface area contributed by atoms with Crippen molar-refractivity contribution in [3.05, 3.63) is 113 Å². The molecule has 1 aliphatic carbocycles. The van der Waals surface area contributed by atoms with Gasteiger partial charge in [0.2, 0.25) is 11.7 Å². The Morgan fingerprint density at radius 3 is 2.34 bits per heavy atom. The number of nitrogens with zero attached hydrogens (tertiary/aromatic N) is 1. The number of nitriles is 1. The van der Waals surface area contributed by atoms with Gasteiger partial charge < -0.3 is 10.6 Å². The maximum atomic E-state index is 13.7. The SMILES string of the molecule is CCC(=O)NCCC(NC1=C(C#N)C(=O)c2cccc3c(Sc4ccc(C(C)C)cc4)ccc1c23)c1ccccc1. The molecule has 0 aromatic heterocycles. The van der Waals surface area contributed by atoms with Gasteiger partial charge in [-0.2, -0.15) is 5.26 Å². The third kappa shape index (κ3) is 5.91. The summed E-state index contributed by atoms with van der Waals surface area (Å²) < 4.78 is 0. The Morgan fingerprint density at radius 1 is 0.902 bits per heavy atom. The van der Waals surface area contributed by atoms with E-state index in [4.69, 9.17) is 0 Å². The molecule has 0 aliphatic heterocycles. The Bertz CT molecular complexity index is 1670. The first-order valence-electron chi connectivity index (χ1n) is 14.0. The number of allylic oxidation sites excluding steroid dienone is 1. The summed E-state index contributed by atoms with van der Waals surface area (Å²) in [6.45, 7) is 6.66. The van der Waals surface area contributed by atoms with Crippen LogP contribution in [0, 0.1) is 11.3 Å². The highest BCUT2D eigenvalue weighted by Gasteiger charge is 2.30. The summed E-state index contributed by atoms with van der Waals surface area (Å²) in [7, 11) is 0. The van der Waals surface area contributed by atoms with Gasteiger partial charge in [0.25, 0.3) is 0 Å². The lowest BCUT2D eigenvalue weighted by Crippen LogP contribution is -2.30. The van der Waals surface area contributed by atoms with Crippen LogP contribution in [0.3, 0.4) is 0 Å². The first-order valence-corrected chi connectivity index (χ1v) is 14.8. The smallest absolute Gasteiger partial charge is 0.219 e. The molecule has 0 fully saturated rings. The van der Waals surface area contributed by atoms with Crippen molar-refractivity contribution in [1.29, 1.82) is 5.26 Å². The number of hydrogen-bond acceptors (Lipinski definition) is 5. The van der Waals surface area contributed by atoms with Crippen LogP contribution in [0.25, 0.3) is 16.5 Å². The summed E-state index contributed by atoms with van der Waals surface area (Å²) >= 11 is 1.67. The molecule has 41 heavy (non-hydrogen) atoms. The molecule has 0 radical (unpaired) electrons. The molecule has 1 amide bonds. The minimum atomic E-state index is -0.275. The molecular formula is C35H33N3O2S. The molecule has 0 heterocycles. The number of carbonyl (C=O) groups excluding carboxylic acids is 2.